The molecule has 0 saturated heterocycles. The number of hydrogen-bond donors (Lipinski definition) is 0. The van der Waals surface area contributed by atoms with Gasteiger partial charge in [0.15, 0.2) is 0 Å². The Labute approximate surface area is 226 Å². The van der Waals surface area contributed by atoms with E-state index in [1.165, 1.54) is 25.7 Å². The molecule has 1 unspecified atom stereocenters. The SMILES string of the molecule is CCCCCCCCCC(=O)N(CCCOC)C(C)c1nc2ccccc2c(=O)n1-c1ccc(OC)cc1. The summed E-state index contributed by atoms with van der Waals surface area (Å²) in [4.78, 5) is 34.1. The summed E-state index contributed by atoms with van der Waals surface area (Å²) < 4.78 is 12.2. The molecule has 0 aliphatic carbocycles. The molecule has 1 amide bonds. The van der Waals surface area contributed by atoms with Crippen LogP contribution in [0.15, 0.2) is 53.3 Å². The van der Waals surface area contributed by atoms with E-state index in [4.69, 9.17) is 14.5 Å². The number of aromatic nitrogens is 2. The molecule has 0 aliphatic rings. The molecule has 2 aromatic carbocycles. The second kappa shape index (κ2) is 15.3. The summed E-state index contributed by atoms with van der Waals surface area (Å²) in [6, 6.07) is 14.3. The van der Waals surface area contributed by atoms with E-state index in [0.717, 1.165) is 19.3 Å². The van der Waals surface area contributed by atoms with Crippen molar-refractivity contribution in [3.05, 3.63) is 64.7 Å². The van der Waals surface area contributed by atoms with Gasteiger partial charge in [0.2, 0.25) is 5.91 Å². The molecule has 3 aromatic rings. The maximum Gasteiger partial charge on any atom is 0.266 e. The molecule has 0 bridgehead atoms. The molecule has 0 N–H and O–H groups in total. The minimum absolute atomic E-state index is 0.0887. The Balaban J connectivity index is 1.92. The maximum atomic E-state index is 13.7. The van der Waals surface area contributed by atoms with E-state index in [-0.39, 0.29) is 11.5 Å². The number of amides is 1. The fraction of sp³-hybridized carbons (Fsp3) is 0.516. The summed E-state index contributed by atoms with van der Waals surface area (Å²) in [5.74, 6) is 1.34. The van der Waals surface area contributed by atoms with Crippen molar-refractivity contribution >= 4 is 16.8 Å². The van der Waals surface area contributed by atoms with E-state index in [2.05, 4.69) is 6.92 Å². The van der Waals surface area contributed by atoms with Crippen molar-refractivity contribution in [3.8, 4) is 11.4 Å². The lowest BCUT2D eigenvalue weighted by molar-refractivity contribution is -0.134. The Morgan fingerprint density at radius 2 is 1.63 bits per heavy atom. The van der Waals surface area contributed by atoms with Crippen molar-refractivity contribution in [2.24, 2.45) is 0 Å². The first-order valence-electron chi connectivity index (χ1n) is 14.0. The number of para-hydroxylation sites is 1. The Morgan fingerprint density at radius 1 is 0.947 bits per heavy atom. The number of benzene rings is 2. The van der Waals surface area contributed by atoms with E-state index < -0.39 is 6.04 Å². The summed E-state index contributed by atoms with van der Waals surface area (Å²) in [7, 11) is 3.28. The molecule has 0 radical (unpaired) electrons. The van der Waals surface area contributed by atoms with E-state index in [9.17, 15) is 9.59 Å². The predicted molar refractivity (Wildman–Crippen MR) is 153 cm³/mol. The van der Waals surface area contributed by atoms with Crippen molar-refractivity contribution < 1.29 is 14.3 Å². The largest absolute Gasteiger partial charge is 0.497 e. The first kappa shape index (κ1) is 29.4. The predicted octanol–water partition coefficient (Wildman–Crippen LogP) is 6.46. The molecule has 1 aromatic heterocycles. The monoisotopic (exact) mass is 521 g/mol. The zero-order valence-corrected chi connectivity index (χ0v) is 23.4. The van der Waals surface area contributed by atoms with Gasteiger partial charge in [-0.1, -0.05) is 57.6 Å². The van der Waals surface area contributed by atoms with E-state index in [1.54, 1.807) is 24.9 Å². The van der Waals surface area contributed by atoms with Crippen LogP contribution in [0.4, 0.5) is 0 Å². The summed E-state index contributed by atoms with van der Waals surface area (Å²) in [5, 5.41) is 0.541. The van der Waals surface area contributed by atoms with E-state index in [0.29, 0.717) is 54.2 Å². The molecule has 0 aliphatic heterocycles. The third-order valence-corrected chi connectivity index (χ3v) is 7.04. The highest BCUT2D eigenvalue weighted by molar-refractivity contribution is 5.79. The van der Waals surface area contributed by atoms with Crippen LogP contribution >= 0.6 is 0 Å². The molecule has 0 spiro atoms. The number of carbonyl (C=O) groups excluding carboxylic acids is 1. The molecule has 1 atom stereocenters. The zero-order chi connectivity index (χ0) is 27.3. The van der Waals surface area contributed by atoms with Gasteiger partial charge in [-0.15, -0.1) is 0 Å². The molecular formula is C31H43N3O4. The lowest BCUT2D eigenvalue weighted by atomic mass is 10.1. The topological polar surface area (TPSA) is 73.7 Å². The van der Waals surface area contributed by atoms with Crippen molar-refractivity contribution in [2.45, 2.75) is 77.7 Å². The first-order chi connectivity index (χ1) is 18.5. The highest BCUT2D eigenvalue weighted by Gasteiger charge is 2.26. The second-order valence-electron chi connectivity index (χ2n) is 9.81. The average molecular weight is 522 g/mol. The summed E-state index contributed by atoms with van der Waals surface area (Å²) in [5.41, 5.74) is 1.16. The van der Waals surface area contributed by atoms with Gasteiger partial charge in [-0.2, -0.15) is 0 Å². The average Bonchev–Trinajstić information content (AvgIpc) is 2.94. The number of fused-ring (bicyclic) bond motifs is 1. The number of unbranched alkanes of at least 4 members (excludes halogenated alkanes) is 6. The number of nitrogens with zero attached hydrogens (tertiary/aromatic N) is 3. The number of hydrogen-bond acceptors (Lipinski definition) is 5. The Bertz CT molecular complexity index is 1210. The highest BCUT2D eigenvalue weighted by atomic mass is 16.5. The van der Waals surface area contributed by atoms with Gasteiger partial charge in [-0.3, -0.25) is 14.2 Å². The van der Waals surface area contributed by atoms with Gasteiger partial charge in [0.05, 0.1) is 29.7 Å². The molecule has 3 rings (SSSR count). The summed E-state index contributed by atoms with van der Waals surface area (Å²) >= 11 is 0. The molecule has 7 nitrogen and oxygen atoms in total. The third kappa shape index (κ3) is 7.67. The molecule has 0 saturated carbocycles. The molecule has 0 fully saturated rings. The number of methoxy groups -OCH3 is 2. The Hall–Kier alpha value is -3.19. The Morgan fingerprint density at radius 3 is 2.32 bits per heavy atom. The van der Waals surface area contributed by atoms with Gasteiger partial charge in [0, 0.05) is 26.7 Å². The fourth-order valence-electron chi connectivity index (χ4n) is 4.84. The number of rotatable bonds is 16. The van der Waals surface area contributed by atoms with Crippen LogP contribution in [0.2, 0.25) is 0 Å². The number of ether oxygens (including phenoxy) is 2. The minimum Gasteiger partial charge on any atom is -0.497 e. The molecular weight excluding hydrogens is 478 g/mol. The molecule has 206 valence electrons. The van der Waals surface area contributed by atoms with Gasteiger partial charge >= 0.3 is 0 Å². The highest BCUT2D eigenvalue weighted by Crippen LogP contribution is 2.25. The van der Waals surface area contributed by atoms with Crippen LogP contribution in [0.3, 0.4) is 0 Å². The molecule has 7 heteroatoms. The van der Waals surface area contributed by atoms with Crippen LogP contribution < -0.4 is 10.3 Å². The number of carbonyl (C=O) groups is 1. The standard InChI is InChI=1S/C31H43N3O4/c1-5-6-7-8-9-10-11-17-29(35)33(22-14-23-37-3)24(2)30-32-28-16-13-12-15-27(28)31(36)34(30)25-18-20-26(38-4)21-19-25/h12-13,15-16,18-21,24H,5-11,14,17,22-23H2,1-4H3. The van der Waals surface area contributed by atoms with Gasteiger partial charge in [-0.25, -0.2) is 4.98 Å². The minimum atomic E-state index is -0.400. The quantitative estimate of drug-likeness (QED) is 0.202. The molecule has 1 heterocycles. The second-order valence-corrected chi connectivity index (χ2v) is 9.81. The summed E-state index contributed by atoms with van der Waals surface area (Å²) in [6.45, 7) is 5.28. The lowest BCUT2D eigenvalue weighted by Crippen LogP contribution is -2.38. The first-order valence-corrected chi connectivity index (χ1v) is 14.0. The van der Waals surface area contributed by atoms with Crippen molar-refractivity contribution in [1.82, 2.24) is 14.5 Å². The normalized spacial score (nSPS) is 12.0. The van der Waals surface area contributed by atoms with Crippen LogP contribution in [-0.4, -0.2) is 47.7 Å². The van der Waals surface area contributed by atoms with Crippen molar-refractivity contribution in [3.63, 3.8) is 0 Å². The Kier molecular flexibility index (Phi) is 11.8. The van der Waals surface area contributed by atoms with Gasteiger partial charge in [0.1, 0.15) is 11.6 Å². The lowest BCUT2D eigenvalue weighted by Gasteiger charge is -2.31. The van der Waals surface area contributed by atoms with Crippen LogP contribution in [0.25, 0.3) is 16.6 Å². The third-order valence-electron chi connectivity index (χ3n) is 7.04. The molecule has 38 heavy (non-hydrogen) atoms. The zero-order valence-electron chi connectivity index (χ0n) is 23.4. The van der Waals surface area contributed by atoms with Crippen LogP contribution in [-0.2, 0) is 9.53 Å². The maximum absolute atomic E-state index is 13.7. The van der Waals surface area contributed by atoms with E-state index >= 15 is 0 Å². The van der Waals surface area contributed by atoms with Gasteiger partial charge in [0.25, 0.3) is 5.56 Å². The fourth-order valence-corrected chi connectivity index (χ4v) is 4.84. The van der Waals surface area contributed by atoms with Crippen LogP contribution in [0.5, 0.6) is 5.75 Å². The van der Waals surface area contributed by atoms with Crippen LogP contribution in [0.1, 0.15) is 83.5 Å². The van der Waals surface area contributed by atoms with E-state index in [1.807, 2.05) is 54.3 Å². The van der Waals surface area contributed by atoms with Crippen molar-refractivity contribution in [2.75, 3.05) is 27.4 Å². The van der Waals surface area contributed by atoms with Crippen molar-refractivity contribution in [1.29, 1.82) is 0 Å². The summed E-state index contributed by atoms with van der Waals surface area (Å²) in [6.07, 6.45) is 9.29. The van der Waals surface area contributed by atoms with Gasteiger partial charge in [-0.05, 0) is 56.2 Å². The van der Waals surface area contributed by atoms with Gasteiger partial charge < -0.3 is 14.4 Å². The smallest absolute Gasteiger partial charge is 0.266 e. The van der Waals surface area contributed by atoms with Crippen LogP contribution in [0, 0.1) is 0 Å².